The molecule has 128 valence electrons. The van der Waals surface area contributed by atoms with Crippen LogP contribution in [0.4, 0.5) is 11.4 Å². The quantitative estimate of drug-likeness (QED) is 0.901. The molecule has 5 nitrogen and oxygen atoms in total. The number of piperazine rings is 1. The Morgan fingerprint density at radius 3 is 2.60 bits per heavy atom. The largest absolute Gasteiger partial charge is 0.368 e. The first kappa shape index (κ1) is 16.0. The minimum absolute atomic E-state index is 0.0194. The van der Waals surface area contributed by atoms with E-state index < -0.39 is 0 Å². The van der Waals surface area contributed by atoms with Crippen molar-refractivity contribution in [3.05, 3.63) is 58.6 Å². The molecular weight excluding hydrogens is 338 g/mol. The highest BCUT2D eigenvalue weighted by Crippen LogP contribution is 2.28. The summed E-state index contributed by atoms with van der Waals surface area (Å²) >= 11 is 5.98. The van der Waals surface area contributed by atoms with Crippen LogP contribution in [-0.2, 0) is 11.2 Å². The zero-order chi connectivity index (χ0) is 17.4. The second kappa shape index (κ2) is 6.41. The lowest BCUT2D eigenvalue weighted by atomic mass is 10.1. The van der Waals surface area contributed by atoms with Crippen molar-refractivity contribution in [3.8, 4) is 0 Å². The molecule has 0 aromatic heterocycles. The van der Waals surface area contributed by atoms with E-state index >= 15 is 0 Å². The molecule has 0 bridgehead atoms. The van der Waals surface area contributed by atoms with Crippen molar-refractivity contribution in [1.82, 2.24) is 4.90 Å². The van der Waals surface area contributed by atoms with Gasteiger partial charge in [0.25, 0.3) is 5.91 Å². The zero-order valence-electron chi connectivity index (χ0n) is 13.7. The van der Waals surface area contributed by atoms with Crippen LogP contribution in [0.25, 0.3) is 0 Å². The van der Waals surface area contributed by atoms with Crippen molar-refractivity contribution in [2.45, 2.75) is 6.42 Å². The molecule has 2 aliphatic rings. The van der Waals surface area contributed by atoms with Gasteiger partial charge in [-0.25, -0.2) is 0 Å². The van der Waals surface area contributed by atoms with Crippen LogP contribution in [0.5, 0.6) is 0 Å². The Morgan fingerprint density at radius 2 is 1.84 bits per heavy atom. The van der Waals surface area contributed by atoms with Crippen molar-refractivity contribution >= 4 is 34.8 Å². The lowest BCUT2D eigenvalue weighted by Gasteiger charge is -2.36. The molecule has 6 heteroatoms. The van der Waals surface area contributed by atoms with Gasteiger partial charge in [0.2, 0.25) is 5.91 Å². The number of hydrogen-bond acceptors (Lipinski definition) is 3. The third-order valence-corrected chi connectivity index (χ3v) is 4.95. The van der Waals surface area contributed by atoms with Crippen LogP contribution in [0.2, 0.25) is 5.02 Å². The molecule has 25 heavy (non-hydrogen) atoms. The second-order valence-corrected chi connectivity index (χ2v) is 6.79. The number of carbonyl (C=O) groups excluding carboxylic acids is 2. The normalized spacial score (nSPS) is 16.6. The SMILES string of the molecule is O=C1Cc2cc(N3CCN(C(=O)c4cccc(Cl)c4)CC3)ccc2N1. The summed E-state index contributed by atoms with van der Waals surface area (Å²) in [6.45, 7) is 2.87. The Bertz CT molecular complexity index is 844. The summed E-state index contributed by atoms with van der Waals surface area (Å²) in [5.41, 5.74) is 3.68. The van der Waals surface area contributed by atoms with Crippen molar-refractivity contribution in [3.63, 3.8) is 0 Å². The van der Waals surface area contributed by atoms with Gasteiger partial charge < -0.3 is 15.1 Å². The summed E-state index contributed by atoms with van der Waals surface area (Å²) in [6.07, 6.45) is 0.441. The lowest BCUT2D eigenvalue weighted by Crippen LogP contribution is -2.48. The number of amides is 2. The average molecular weight is 356 g/mol. The predicted molar refractivity (Wildman–Crippen MR) is 98.3 cm³/mol. The maximum atomic E-state index is 12.6. The lowest BCUT2D eigenvalue weighted by molar-refractivity contribution is -0.115. The first-order chi connectivity index (χ1) is 12.1. The van der Waals surface area contributed by atoms with E-state index in [0.717, 1.165) is 30.0 Å². The van der Waals surface area contributed by atoms with Crippen LogP contribution < -0.4 is 10.2 Å². The minimum Gasteiger partial charge on any atom is -0.368 e. The van der Waals surface area contributed by atoms with Crippen LogP contribution in [0.3, 0.4) is 0 Å². The molecule has 0 radical (unpaired) electrons. The van der Waals surface area contributed by atoms with Crippen LogP contribution in [0.15, 0.2) is 42.5 Å². The molecule has 0 spiro atoms. The third kappa shape index (κ3) is 3.20. The molecule has 1 N–H and O–H groups in total. The molecule has 2 aromatic rings. The van der Waals surface area contributed by atoms with Gasteiger partial charge in [-0.05, 0) is 42.0 Å². The topological polar surface area (TPSA) is 52.7 Å². The van der Waals surface area contributed by atoms with Crippen molar-refractivity contribution in [1.29, 1.82) is 0 Å². The fourth-order valence-corrected chi connectivity index (χ4v) is 3.57. The summed E-state index contributed by atoms with van der Waals surface area (Å²) in [7, 11) is 0. The van der Waals surface area contributed by atoms with Gasteiger partial charge in [-0.3, -0.25) is 9.59 Å². The Hall–Kier alpha value is -2.53. The average Bonchev–Trinajstić information content (AvgIpc) is 3.00. The van der Waals surface area contributed by atoms with E-state index in [9.17, 15) is 9.59 Å². The molecule has 0 atom stereocenters. The highest BCUT2D eigenvalue weighted by molar-refractivity contribution is 6.30. The van der Waals surface area contributed by atoms with E-state index in [4.69, 9.17) is 11.6 Å². The number of halogens is 1. The highest BCUT2D eigenvalue weighted by atomic mass is 35.5. The summed E-state index contributed by atoms with van der Waals surface area (Å²) in [5.74, 6) is 0.0648. The van der Waals surface area contributed by atoms with Crippen LogP contribution >= 0.6 is 11.6 Å². The van der Waals surface area contributed by atoms with Crippen LogP contribution in [0.1, 0.15) is 15.9 Å². The minimum atomic E-state index is 0.0194. The van der Waals surface area contributed by atoms with Gasteiger partial charge in [0, 0.05) is 48.1 Å². The summed E-state index contributed by atoms with van der Waals surface area (Å²) < 4.78 is 0. The maximum Gasteiger partial charge on any atom is 0.254 e. The number of nitrogens with zero attached hydrogens (tertiary/aromatic N) is 2. The van der Waals surface area contributed by atoms with Crippen LogP contribution in [0, 0.1) is 0 Å². The molecule has 0 aliphatic carbocycles. The Morgan fingerprint density at radius 1 is 1.04 bits per heavy atom. The number of hydrogen-bond donors (Lipinski definition) is 1. The van der Waals surface area contributed by atoms with Crippen molar-refractivity contribution in [2.75, 3.05) is 36.4 Å². The molecule has 4 rings (SSSR count). The monoisotopic (exact) mass is 355 g/mol. The number of rotatable bonds is 2. The van der Waals surface area contributed by atoms with Gasteiger partial charge in [0.1, 0.15) is 0 Å². The van der Waals surface area contributed by atoms with Crippen LogP contribution in [-0.4, -0.2) is 42.9 Å². The van der Waals surface area contributed by atoms with E-state index in [0.29, 0.717) is 30.1 Å². The van der Waals surface area contributed by atoms with Gasteiger partial charge in [-0.2, -0.15) is 0 Å². The molecule has 2 heterocycles. The van der Waals surface area contributed by atoms with Gasteiger partial charge in [0.05, 0.1) is 6.42 Å². The summed E-state index contributed by atoms with van der Waals surface area (Å²) in [4.78, 5) is 28.2. The maximum absolute atomic E-state index is 12.6. The Kier molecular flexibility index (Phi) is 4.09. The zero-order valence-corrected chi connectivity index (χ0v) is 14.4. The van der Waals surface area contributed by atoms with Crippen molar-refractivity contribution in [2.24, 2.45) is 0 Å². The van der Waals surface area contributed by atoms with E-state index in [1.54, 1.807) is 24.3 Å². The summed E-state index contributed by atoms with van der Waals surface area (Å²) in [5, 5.41) is 3.43. The molecule has 2 amide bonds. The van der Waals surface area contributed by atoms with Gasteiger partial charge in [0.15, 0.2) is 0 Å². The molecule has 2 aliphatic heterocycles. The molecule has 0 unspecified atom stereocenters. The fraction of sp³-hybridized carbons (Fsp3) is 0.263. The van der Waals surface area contributed by atoms with Gasteiger partial charge >= 0.3 is 0 Å². The predicted octanol–water partition coefficient (Wildman–Crippen LogP) is 2.80. The summed E-state index contributed by atoms with van der Waals surface area (Å²) in [6, 6.07) is 13.1. The van der Waals surface area contributed by atoms with Gasteiger partial charge in [-0.15, -0.1) is 0 Å². The first-order valence-corrected chi connectivity index (χ1v) is 8.70. The number of carbonyl (C=O) groups is 2. The number of nitrogens with one attached hydrogen (secondary N) is 1. The van der Waals surface area contributed by atoms with E-state index in [2.05, 4.69) is 16.3 Å². The van der Waals surface area contributed by atoms with E-state index in [-0.39, 0.29) is 11.8 Å². The smallest absolute Gasteiger partial charge is 0.254 e. The number of benzene rings is 2. The highest BCUT2D eigenvalue weighted by Gasteiger charge is 2.24. The Labute approximate surface area is 151 Å². The molecule has 2 aromatic carbocycles. The van der Waals surface area contributed by atoms with E-state index in [1.165, 1.54) is 0 Å². The molecule has 1 saturated heterocycles. The van der Waals surface area contributed by atoms with Crippen molar-refractivity contribution < 1.29 is 9.59 Å². The molecule has 1 fully saturated rings. The second-order valence-electron chi connectivity index (χ2n) is 6.36. The third-order valence-electron chi connectivity index (χ3n) is 4.72. The number of fused-ring (bicyclic) bond motifs is 1. The Balaban J connectivity index is 1.43. The standard InChI is InChI=1S/C19H18ClN3O2/c20-15-3-1-2-13(10-15)19(25)23-8-6-22(7-9-23)16-4-5-17-14(11-16)12-18(24)21-17/h1-5,10-11H,6-9,12H2,(H,21,24). The van der Waals surface area contributed by atoms with Gasteiger partial charge in [-0.1, -0.05) is 17.7 Å². The van der Waals surface area contributed by atoms with E-state index in [1.807, 2.05) is 17.0 Å². The first-order valence-electron chi connectivity index (χ1n) is 8.33. The molecule has 0 saturated carbocycles. The fourth-order valence-electron chi connectivity index (χ4n) is 3.38. The number of anilines is 2. The molecular formula is C19H18ClN3O2.